The summed E-state index contributed by atoms with van der Waals surface area (Å²) in [5.41, 5.74) is 1.75. The monoisotopic (exact) mass is 755 g/mol. The molecule has 3 amide bonds. The SMILES string of the molecule is C=C(CC)[C@H](NC(=O)[C@H](C)CCCCNC)C(=O)N(C)[C@H](C[C@@H](OC(C)=O)c1nc(C(=O)N[C@@H](Cc2ccccc2)C[C@H](C)C(=O)OC)cs1)C(C)C. The van der Waals surface area contributed by atoms with Crippen molar-refractivity contribution in [1.29, 1.82) is 0 Å². The van der Waals surface area contributed by atoms with Gasteiger partial charge in [0.1, 0.15) is 16.7 Å². The van der Waals surface area contributed by atoms with Gasteiger partial charge in [0.15, 0.2) is 6.10 Å². The summed E-state index contributed by atoms with van der Waals surface area (Å²) >= 11 is 1.19. The molecule has 0 saturated heterocycles. The fourth-order valence-electron chi connectivity index (χ4n) is 6.19. The Labute approximate surface area is 319 Å². The van der Waals surface area contributed by atoms with Crippen molar-refractivity contribution in [1.82, 2.24) is 25.8 Å². The predicted molar refractivity (Wildman–Crippen MR) is 208 cm³/mol. The number of carbonyl (C=O) groups is 5. The number of hydrogen-bond donors (Lipinski definition) is 3. The van der Waals surface area contributed by atoms with E-state index in [1.165, 1.54) is 25.4 Å². The van der Waals surface area contributed by atoms with E-state index in [1.54, 1.807) is 24.3 Å². The first-order valence-electron chi connectivity index (χ1n) is 18.6. The van der Waals surface area contributed by atoms with E-state index in [0.29, 0.717) is 36.3 Å². The molecule has 0 spiro atoms. The Morgan fingerprint density at radius 3 is 2.25 bits per heavy atom. The van der Waals surface area contributed by atoms with Crippen molar-refractivity contribution in [3.8, 4) is 0 Å². The average molecular weight is 756 g/mol. The molecular formula is C40H61N5O7S. The van der Waals surface area contributed by atoms with E-state index in [4.69, 9.17) is 9.47 Å². The van der Waals surface area contributed by atoms with Gasteiger partial charge in [-0.05, 0) is 62.8 Å². The van der Waals surface area contributed by atoms with E-state index in [1.807, 2.05) is 65.1 Å². The summed E-state index contributed by atoms with van der Waals surface area (Å²) in [7, 11) is 4.92. The van der Waals surface area contributed by atoms with Gasteiger partial charge in [0, 0.05) is 43.8 Å². The predicted octanol–water partition coefficient (Wildman–Crippen LogP) is 5.64. The Morgan fingerprint density at radius 2 is 1.66 bits per heavy atom. The Kier molecular flexibility index (Phi) is 19.4. The van der Waals surface area contributed by atoms with Gasteiger partial charge >= 0.3 is 11.9 Å². The summed E-state index contributed by atoms with van der Waals surface area (Å²) in [5, 5.41) is 11.1. The Morgan fingerprint density at radius 1 is 0.981 bits per heavy atom. The van der Waals surface area contributed by atoms with Gasteiger partial charge in [-0.15, -0.1) is 11.3 Å². The molecule has 294 valence electrons. The highest BCUT2D eigenvalue weighted by molar-refractivity contribution is 7.09. The second-order valence-electron chi connectivity index (χ2n) is 14.1. The number of methoxy groups -OCH3 is 1. The largest absolute Gasteiger partial charge is 0.469 e. The minimum Gasteiger partial charge on any atom is -0.469 e. The molecular weight excluding hydrogens is 695 g/mol. The zero-order valence-corrected chi connectivity index (χ0v) is 33.8. The van der Waals surface area contributed by atoms with Crippen LogP contribution in [0.25, 0.3) is 0 Å². The third-order valence-corrected chi connectivity index (χ3v) is 10.4. The van der Waals surface area contributed by atoms with Crippen LogP contribution in [0.1, 0.15) is 107 Å². The highest BCUT2D eigenvalue weighted by Crippen LogP contribution is 2.31. The molecule has 2 rings (SSSR count). The van der Waals surface area contributed by atoms with Gasteiger partial charge in [-0.2, -0.15) is 0 Å². The molecule has 53 heavy (non-hydrogen) atoms. The minimum absolute atomic E-state index is 0.0716. The van der Waals surface area contributed by atoms with E-state index in [0.717, 1.165) is 24.9 Å². The van der Waals surface area contributed by atoms with Crippen LogP contribution in [0, 0.1) is 17.8 Å². The number of amides is 3. The fraction of sp³-hybridized carbons (Fsp3) is 0.600. The lowest BCUT2D eigenvalue weighted by atomic mass is 9.94. The van der Waals surface area contributed by atoms with Gasteiger partial charge in [0.05, 0.1) is 13.0 Å². The topological polar surface area (TPSA) is 156 Å². The van der Waals surface area contributed by atoms with Gasteiger partial charge in [0.2, 0.25) is 11.8 Å². The standard InChI is InChI=1S/C40H61N5O7S/c1-11-26(4)35(44-36(47)27(5)17-15-16-20-41-8)39(49)45(9)33(25(2)3)23-34(52-29(7)46)38-43-32(24-53-38)37(48)42-31(21-28(6)40(50)51-10)22-30-18-13-12-14-19-30/h12-14,18-19,24-25,27-28,31,33-35,41H,4,11,15-17,20-23H2,1-3,5-10H3,(H,42,48)(H,44,47)/t27-,28+,31-,33-,34-,35+/m1/s1. The molecule has 0 fully saturated rings. The van der Waals surface area contributed by atoms with E-state index in [9.17, 15) is 24.0 Å². The Bertz CT molecular complexity index is 1500. The van der Waals surface area contributed by atoms with Crippen LogP contribution in [0.3, 0.4) is 0 Å². The number of aromatic nitrogens is 1. The lowest BCUT2D eigenvalue weighted by Crippen LogP contribution is -2.53. The summed E-state index contributed by atoms with van der Waals surface area (Å²) in [4.78, 5) is 71.6. The smallest absolute Gasteiger partial charge is 0.308 e. The number of carbonyl (C=O) groups excluding carboxylic acids is 5. The molecule has 0 unspecified atom stereocenters. The molecule has 12 nitrogen and oxygen atoms in total. The van der Waals surface area contributed by atoms with Gasteiger partial charge < -0.3 is 30.3 Å². The van der Waals surface area contributed by atoms with Crippen molar-refractivity contribution in [2.24, 2.45) is 17.8 Å². The first kappa shape index (κ1) is 45.1. The number of likely N-dealkylation sites (N-methyl/N-ethyl adjacent to an activating group) is 1. The van der Waals surface area contributed by atoms with Crippen molar-refractivity contribution < 1.29 is 33.4 Å². The minimum atomic E-state index is -0.911. The first-order chi connectivity index (χ1) is 25.1. The summed E-state index contributed by atoms with van der Waals surface area (Å²) in [5.74, 6) is -2.61. The maximum absolute atomic E-state index is 14.1. The molecule has 3 N–H and O–H groups in total. The van der Waals surface area contributed by atoms with Crippen LogP contribution in [0.5, 0.6) is 0 Å². The van der Waals surface area contributed by atoms with Crippen LogP contribution in [0.4, 0.5) is 0 Å². The number of benzene rings is 1. The van der Waals surface area contributed by atoms with Crippen molar-refractivity contribution in [2.45, 2.75) is 111 Å². The number of thiazole rings is 1. The number of nitrogens with one attached hydrogen (secondary N) is 3. The summed E-state index contributed by atoms with van der Waals surface area (Å²) in [6.45, 7) is 15.8. The molecule has 1 heterocycles. The summed E-state index contributed by atoms with van der Waals surface area (Å²) < 4.78 is 10.7. The lowest BCUT2D eigenvalue weighted by Gasteiger charge is -2.36. The van der Waals surface area contributed by atoms with Crippen molar-refractivity contribution in [3.63, 3.8) is 0 Å². The third kappa shape index (κ3) is 14.7. The van der Waals surface area contributed by atoms with Gasteiger partial charge in [-0.25, -0.2) is 4.98 Å². The molecule has 2 aromatic rings. The summed E-state index contributed by atoms with van der Waals surface area (Å²) in [6, 6.07) is 7.95. The van der Waals surface area contributed by atoms with E-state index in [-0.39, 0.29) is 47.8 Å². The molecule has 1 aromatic heterocycles. The zero-order valence-electron chi connectivity index (χ0n) is 33.0. The van der Waals surface area contributed by atoms with Gasteiger partial charge in [-0.3, -0.25) is 24.0 Å². The third-order valence-electron chi connectivity index (χ3n) is 9.47. The van der Waals surface area contributed by atoms with E-state index >= 15 is 0 Å². The fourth-order valence-corrected chi connectivity index (χ4v) is 7.03. The number of ether oxygens (including phenoxy) is 2. The lowest BCUT2D eigenvalue weighted by molar-refractivity contribution is -0.149. The molecule has 1 aromatic carbocycles. The van der Waals surface area contributed by atoms with Crippen LogP contribution in [0.2, 0.25) is 0 Å². The van der Waals surface area contributed by atoms with Crippen LogP contribution >= 0.6 is 11.3 Å². The number of hydrogen-bond acceptors (Lipinski definition) is 10. The summed E-state index contributed by atoms with van der Waals surface area (Å²) in [6.07, 6.45) is 3.27. The van der Waals surface area contributed by atoms with Crippen molar-refractivity contribution in [3.05, 3.63) is 64.1 Å². The van der Waals surface area contributed by atoms with E-state index < -0.39 is 36.0 Å². The Hall–Kier alpha value is -4.10. The molecule has 0 bridgehead atoms. The molecule has 6 atom stereocenters. The van der Waals surface area contributed by atoms with Gasteiger partial charge in [0.25, 0.3) is 5.91 Å². The van der Waals surface area contributed by atoms with Crippen LogP contribution in [0.15, 0.2) is 47.9 Å². The van der Waals surface area contributed by atoms with Gasteiger partial charge in [-0.1, -0.05) is 78.0 Å². The molecule has 0 aliphatic carbocycles. The second-order valence-corrected chi connectivity index (χ2v) is 15.0. The maximum atomic E-state index is 14.1. The average Bonchev–Trinajstić information content (AvgIpc) is 3.63. The number of nitrogens with zero attached hydrogens (tertiary/aromatic N) is 2. The molecule has 0 radical (unpaired) electrons. The highest BCUT2D eigenvalue weighted by Gasteiger charge is 2.35. The quantitative estimate of drug-likeness (QED) is 0.0743. The van der Waals surface area contributed by atoms with Crippen LogP contribution < -0.4 is 16.0 Å². The number of unbranched alkanes of at least 4 members (excludes halogenated alkanes) is 1. The molecule has 13 heteroatoms. The molecule has 0 aliphatic heterocycles. The first-order valence-corrected chi connectivity index (χ1v) is 19.5. The normalized spacial score (nSPS) is 14.6. The van der Waals surface area contributed by atoms with E-state index in [2.05, 4.69) is 27.5 Å². The van der Waals surface area contributed by atoms with Crippen LogP contribution in [-0.2, 0) is 35.1 Å². The number of esters is 2. The highest BCUT2D eigenvalue weighted by atomic mass is 32.1. The molecule has 0 saturated carbocycles. The molecule has 0 aliphatic rings. The maximum Gasteiger partial charge on any atom is 0.308 e. The van der Waals surface area contributed by atoms with Crippen molar-refractivity contribution >= 4 is 41.0 Å². The number of rotatable bonds is 23. The Balaban J connectivity index is 2.29. The second kappa shape index (κ2) is 22.9. The van der Waals surface area contributed by atoms with Crippen molar-refractivity contribution in [2.75, 3.05) is 27.7 Å². The zero-order chi connectivity index (χ0) is 39.7. The van der Waals surface area contributed by atoms with Crippen LogP contribution in [-0.4, -0.2) is 85.4 Å².